The van der Waals surface area contributed by atoms with Gasteiger partial charge < -0.3 is 9.47 Å². The second-order valence-corrected chi connectivity index (χ2v) is 21.6. The van der Waals surface area contributed by atoms with Gasteiger partial charge in [0.25, 0.3) is 0 Å². The number of para-hydroxylation sites is 2. The zero-order chi connectivity index (χ0) is 41.1. The summed E-state index contributed by atoms with van der Waals surface area (Å²) in [4.78, 5) is 5.32. The summed E-state index contributed by atoms with van der Waals surface area (Å²) >= 11 is 4.24. The van der Waals surface area contributed by atoms with Gasteiger partial charge in [-0.1, -0.05) is 161 Å². The molecule has 1 aromatic heterocycles. The van der Waals surface area contributed by atoms with Crippen LogP contribution in [0.25, 0.3) is 59.8 Å². The first-order chi connectivity index (χ1) is 29.7. The fraction of sp³-hybridized carbons (Fsp3) is 0.158. The van der Waals surface area contributed by atoms with Gasteiger partial charge in [0.2, 0.25) is 0 Å². The van der Waals surface area contributed by atoms with E-state index in [0.717, 1.165) is 12.8 Å². The Bertz CT molecular complexity index is 3350. The van der Waals surface area contributed by atoms with Crippen LogP contribution in [-0.2, 0) is 10.8 Å². The SMILES string of the molecule is CC1(C)CC2(CC(C)(C)c3ccc(-n4c5ccccc5c5ccccc54)cc3S2)Sc2cc(N(c3cccc4ccccc34)c3cc4ccccc4c4ccccc34)ccc21. The van der Waals surface area contributed by atoms with Crippen molar-refractivity contribution in [2.45, 2.75) is 65.2 Å². The Morgan fingerprint density at radius 2 is 0.951 bits per heavy atom. The molecule has 0 saturated carbocycles. The highest BCUT2D eigenvalue weighted by Crippen LogP contribution is 2.65. The van der Waals surface area contributed by atoms with Crippen molar-refractivity contribution in [2.24, 2.45) is 0 Å². The largest absolute Gasteiger partial charge is 0.309 e. The Hall–Kier alpha value is -5.94. The fourth-order valence-corrected chi connectivity index (χ4v) is 15.5. The Labute approximate surface area is 366 Å². The molecule has 3 heterocycles. The van der Waals surface area contributed by atoms with Gasteiger partial charge in [-0.15, -0.1) is 23.5 Å². The van der Waals surface area contributed by atoms with Crippen LogP contribution in [0.2, 0.25) is 0 Å². The second kappa shape index (κ2) is 13.5. The van der Waals surface area contributed by atoms with Gasteiger partial charge in [0.1, 0.15) is 0 Å². The number of aromatic nitrogens is 1. The number of rotatable bonds is 4. The molecule has 296 valence electrons. The van der Waals surface area contributed by atoms with Crippen molar-refractivity contribution in [1.82, 2.24) is 4.57 Å². The van der Waals surface area contributed by atoms with E-state index in [9.17, 15) is 0 Å². The van der Waals surface area contributed by atoms with Gasteiger partial charge in [-0.3, -0.25) is 0 Å². The molecule has 0 bridgehead atoms. The van der Waals surface area contributed by atoms with Crippen molar-refractivity contribution >= 4 is 94.7 Å². The van der Waals surface area contributed by atoms with Crippen molar-refractivity contribution in [1.29, 1.82) is 0 Å². The van der Waals surface area contributed by atoms with Crippen LogP contribution in [0.4, 0.5) is 17.1 Å². The van der Waals surface area contributed by atoms with E-state index in [1.54, 1.807) is 0 Å². The van der Waals surface area contributed by atoms with Gasteiger partial charge >= 0.3 is 0 Å². The Kier molecular flexibility index (Phi) is 8.18. The standard InChI is InChI=1S/C57H46N2S2/c1-55(2)35-57(60-53-33-39(28-30-47(53)55)58-50-25-13-11-23-45(50)46-24-12-14-26-51(46)58)36-56(3,4)48-31-29-40(34-54(48)61-57)59(49-27-15-18-37-16-5-8-20-42(37)49)52-32-38-17-6-7-19-41(38)43-21-9-10-22-44(43)52/h5-34H,35-36H2,1-4H3. The van der Waals surface area contributed by atoms with Crippen LogP contribution >= 0.6 is 23.5 Å². The first-order valence-electron chi connectivity index (χ1n) is 21.5. The lowest BCUT2D eigenvalue weighted by molar-refractivity contribution is 0.363. The van der Waals surface area contributed by atoms with Crippen LogP contribution in [0, 0.1) is 0 Å². The molecular weight excluding hydrogens is 777 g/mol. The highest BCUT2D eigenvalue weighted by molar-refractivity contribution is 8.18. The Balaban J connectivity index is 1.02. The summed E-state index contributed by atoms with van der Waals surface area (Å²) in [5.74, 6) is 0. The molecular formula is C57H46N2S2. The van der Waals surface area contributed by atoms with Gasteiger partial charge in [0.05, 0.1) is 26.5 Å². The predicted molar refractivity (Wildman–Crippen MR) is 264 cm³/mol. The maximum Gasteiger partial charge on any atom is 0.0721 e. The monoisotopic (exact) mass is 822 g/mol. The van der Waals surface area contributed by atoms with Crippen molar-refractivity contribution in [3.63, 3.8) is 0 Å². The topological polar surface area (TPSA) is 8.17 Å². The van der Waals surface area contributed by atoms with E-state index in [2.05, 4.69) is 243 Å². The number of benzene rings is 9. The molecule has 0 fully saturated rings. The van der Waals surface area contributed by atoms with Gasteiger partial charge in [-0.25, -0.2) is 0 Å². The quantitative estimate of drug-likeness (QED) is 0.164. The molecule has 2 nitrogen and oxygen atoms in total. The molecule has 1 spiro atoms. The van der Waals surface area contributed by atoms with Crippen LogP contribution in [0.1, 0.15) is 51.7 Å². The van der Waals surface area contributed by atoms with E-state index in [1.807, 2.05) is 0 Å². The number of anilines is 3. The van der Waals surface area contributed by atoms with Crippen LogP contribution in [0.5, 0.6) is 0 Å². The molecule has 0 saturated heterocycles. The van der Waals surface area contributed by atoms with Gasteiger partial charge in [-0.2, -0.15) is 0 Å². The van der Waals surface area contributed by atoms with E-state index in [4.69, 9.17) is 0 Å². The molecule has 1 unspecified atom stereocenters. The van der Waals surface area contributed by atoms with Crippen molar-refractivity contribution in [2.75, 3.05) is 4.90 Å². The molecule has 0 amide bonds. The average Bonchev–Trinajstić information content (AvgIpc) is 3.60. The summed E-state index contributed by atoms with van der Waals surface area (Å²) in [5, 5.41) is 10.1. The van der Waals surface area contributed by atoms with Crippen LogP contribution in [-0.4, -0.2) is 8.65 Å². The minimum atomic E-state index is -0.0506. The van der Waals surface area contributed by atoms with Crippen molar-refractivity contribution in [3.8, 4) is 5.69 Å². The van der Waals surface area contributed by atoms with E-state index >= 15 is 0 Å². The number of hydrogen-bond acceptors (Lipinski definition) is 3. The molecule has 12 rings (SSSR count). The molecule has 61 heavy (non-hydrogen) atoms. The van der Waals surface area contributed by atoms with Crippen molar-refractivity contribution < 1.29 is 0 Å². The highest BCUT2D eigenvalue weighted by Gasteiger charge is 2.51. The van der Waals surface area contributed by atoms with E-state index in [1.165, 1.54) is 97.8 Å². The summed E-state index contributed by atoms with van der Waals surface area (Å²) in [7, 11) is 0. The fourth-order valence-electron chi connectivity index (χ4n) is 11.0. The Morgan fingerprint density at radius 3 is 1.64 bits per heavy atom. The Morgan fingerprint density at radius 1 is 0.426 bits per heavy atom. The molecule has 9 aromatic carbocycles. The number of fused-ring (bicyclic) bond motifs is 9. The lowest BCUT2D eigenvalue weighted by atomic mass is 9.74. The second-order valence-electron chi connectivity index (χ2n) is 18.5. The molecule has 1 atom stereocenters. The molecule has 0 N–H and O–H groups in total. The first-order valence-corrected chi connectivity index (χ1v) is 23.1. The molecule has 0 aliphatic carbocycles. The number of hydrogen-bond donors (Lipinski definition) is 0. The number of thioether (sulfide) groups is 2. The van der Waals surface area contributed by atoms with Gasteiger partial charge in [-0.05, 0) is 105 Å². The average molecular weight is 823 g/mol. The lowest BCUT2D eigenvalue weighted by Gasteiger charge is -2.51. The molecule has 2 aliphatic rings. The summed E-state index contributed by atoms with van der Waals surface area (Å²) in [5.41, 5.74) is 10.2. The molecule has 2 aliphatic heterocycles. The first kappa shape index (κ1) is 36.9. The van der Waals surface area contributed by atoms with Gasteiger partial charge in [0, 0.05) is 42.7 Å². The summed E-state index contributed by atoms with van der Waals surface area (Å²) < 4.78 is 2.42. The molecule has 0 radical (unpaired) electrons. The smallest absolute Gasteiger partial charge is 0.0721 e. The van der Waals surface area contributed by atoms with Crippen LogP contribution in [0.3, 0.4) is 0 Å². The van der Waals surface area contributed by atoms with E-state index in [-0.39, 0.29) is 14.9 Å². The van der Waals surface area contributed by atoms with Crippen molar-refractivity contribution in [3.05, 3.63) is 193 Å². The summed E-state index contributed by atoms with van der Waals surface area (Å²) in [6.45, 7) is 9.90. The normalized spacial score (nSPS) is 17.9. The van der Waals surface area contributed by atoms with Gasteiger partial charge in [0.15, 0.2) is 0 Å². The minimum Gasteiger partial charge on any atom is -0.309 e. The zero-order valence-corrected chi connectivity index (χ0v) is 36.6. The minimum absolute atomic E-state index is 0.00285. The maximum atomic E-state index is 2.54. The predicted octanol–water partition coefficient (Wildman–Crippen LogP) is 16.7. The third-order valence-electron chi connectivity index (χ3n) is 13.5. The van der Waals surface area contributed by atoms with Crippen LogP contribution in [0.15, 0.2) is 192 Å². The highest BCUT2D eigenvalue weighted by atomic mass is 32.2. The van der Waals surface area contributed by atoms with E-state index < -0.39 is 0 Å². The van der Waals surface area contributed by atoms with Crippen LogP contribution < -0.4 is 4.90 Å². The summed E-state index contributed by atoms with van der Waals surface area (Å²) in [6.07, 6.45) is 2.18. The lowest BCUT2D eigenvalue weighted by Crippen LogP contribution is -2.42. The molecule has 10 aromatic rings. The number of nitrogens with zero attached hydrogens (tertiary/aromatic N) is 2. The van der Waals surface area contributed by atoms with E-state index in [0.29, 0.717) is 0 Å². The zero-order valence-electron chi connectivity index (χ0n) is 34.9. The third-order valence-corrected chi connectivity index (χ3v) is 16.4. The summed E-state index contributed by atoms with van der Waals surface area (Å²) in [6, 6.07) is 68.1. The maximum absolute atomic E-state index is 2.54. The third kappa shape index (κ3) is 5.79. The molecule has 4 heteroatoms.